The molecule has 1 unspecified atom stereocenters. The second-order valence-corrected chi connectivity index (χ2v) is 6.59. The van der Waals surface area contributed by atoms with Gasteiger partial charge in [0.2, 0.25) is 0 Å². The van der Waals surface area contributed by atoms with E-state index in [0.717, 1.165) is 5.56 Å². The maximum Gasteiger partial charge on any atom is 0.321 e. The number of carbonyl (C=O) groups is 2. The van der Waals surface area contributed by atoms with E-state index in [0.29, 0.717) is 28.3 Å². The Morgan fingerprint density at radius 1 is 1.14 bits per heavy atom. The Bertz CT molecular complexity index is 973. The van der Waals surface area contributed by atoms with Crippen LogP contribution in [0.2, 0.25) is 0 Å². The normalized spacial score (nSPS) is 16.0. The maximum absolute atomic E-state index is 13.3. The average Bonchev–Trinajstić information content (AvgIpc) is 2.71. The molecular formula is C21H22FN3O4. The van der Waals surface area contributed by atoms with Crippen molar-refractivity contribution in [3.05, 3.63) is 65.1 Å². The summed E-state index contributed by atoms with van der Waals surface area (Å²) in [6.45, 7) is 1.83. The highest BCUT2D eigenvalue weighted by Gasteiger charge is 2.33. The van der Waals surface area contributed by atoms with Crippen molar-refractivity contribution >= 4 is 17.6 Å². The van der Waals surface area contributed by atoms with Crippen LogP contribution in [0.4, 0.5) is 14.9 Å². The van der Waals surface area contributed by atoms with Gasteiger partial charge in [-0.3, -0.25) is 4.79 Å². The molecule has 8 heteroatoms. The van der Waals surface area contributed by atoms with Crippen molar-refractivity contribution in [1.82, 2.24) is 10.2 Å². The topological polar surface area (TPSA) is 79.9 Å². The van der Waals surface area contributed by atoms with E-state index in [2.05, 4.69) is 10.6 Å². The van der Waals surface area contributed by atoms with Crippen LogP contribution in [-0.2, 0) is 4.79 Å². The molecular weight excluding hydrogens is 377 g/mol. The number of rotatable bonds is 5. The van der Waals surface area contributed by atoms with E-state index in [1.165, 1.54) is 37.5 Å². The Morgan fingerprint density at radius 3 is 2.38 bits per heavy atom. The fraction of sp³-hybridized carbons (Fsp3) is 0.238. The zero-order chi connectivity index (χ0) is 21.1. The highest BCUT2D eigenvalue weighted by Crippen LogP contribution is 2.35. The highest BCUT2D eigenvalue weighted by atomic mass is 19.1. The lowest BCUT2D eigenvalue weighted by atomic mass is 9.96. The van der Waals surface area contributed by atoms with Crippen LogP contribution < -0.4 is 20.1 Å². The van der Waals surface area contributed by atoms with Crippen LogP contribution in [0.3, 0.4) is 0 Å². The SMILES string of the molecule is COc1cc(C)c(NC(=O)C2=CNC(=O)N(C)C2c2ccc(F)cc2)cc1OC. The van der Waals surface area contributed by atoms with Gasteiger partial charge in [0.05, 0.1) is 25.8 Å². The third-order valence-corrected chi connectivity index (χ3v) is 4.78. The first-order chi connectivity index (χ1) is 13.8. The number of benzene rings is 2. The number of nitrogens with one attached hydrogen (secondary N) is 2. The molecule has 0 bridgehead atoms. The van der Waals surface area contributed by atoms with E-state index in [9.17, 15) is 14.0 Å². The molecule has 2 N–H and O–H groups in total. The van der Waals surface area contributed by atoms with Crippen molar-refractivity contribution in [2.75, 3.05) is 26.6 Å². The number of methoxy groups -OCH3 is 2. The minimum absolute atomic E-state index is 0.313. The second kappa shape index (κ2) is 8.22. The number of halogens is 1. The zero-order valence-corrected chi connectivity index (χ0v) is 16.6. The average molecular weight is 399 g/mol. The fourth-order valence-corrected chi connectivity index (χ4v) is 3.19. The van der Waals surface area contributed by atoms with Crippen molar-refractivity contribution in [1.29, 1.82) is 0 Å². The molecule has 0 saturated heterocycles. The third-order valence-electron chi connectivity index (χ3n) is 4.78. The minimum Gasteiger partial charge on any atom is -0.493 e. The number of carbonyl (C=O) groups excluding carboxylic acids is 2. The standard InChI is InChI=1S/C21H22FN3O4/c1-12-9-17(28-3)18(29-4)10-16(12)24-20(26)15-11-23-21(27)25(2)19(15)13-5-7-14(22)8-6-13/h5-11,19H,1-4H3,(H,23,27)(H,24,26). The number of amides is 3. The number of ether oxygens (including phenoxy) is 2. The highest BCUT2D eigenvalue weighted by molar-refractivity contribution is 6.06. The molecule has 152 valence electrons. The fourth-order valence-electron chi connectivity index (χ4n) is 3.19. The van der Waals surface area contributed by atoms with Gasteiger partial charge in [-0.25, -0.2) is 9.18 Å². The summed E-state index contributed by atoms with van der Waals surface area (Å²) in [5, 5.41) is 5.42. The molecule has 1 aliphatic heterocycles. The molecule has 29 heavy (non-hydrogen) atoms. The Hall–Kier alpha value is -3.55. The van der Waals surface area contributed by atoms with Gasteiger partial charge in [0.1, 0.15) is 5.82 Å². The van der Waals surface area contributed by atoms with Gasteiger partial charge in [0.25, 0.3) is 5.91 Å². The Kier molecular flexibility index (Phi) is 5.72. The van der Waals surface area contributed by atoms with E-state index in [1.807, 2.05) is 6.92 Å². The summed E-state index contributed by atoms with van der Waals surface area (Å²) >= 11 is 0. The molecule has 1 atom stereocenters. The number of likely N-dealkylation sites (N-methyl/N-ethyl adjacent to an activating group) is 1. The molecule has 3 amide bonds. The van der Waals surface area contributed by atoms with Gasteiger partial charge in [-0.1, -0.05) is 12.1 Å². The molecule has 2 aromatic rings. The van der Waals surface area contributed by atoms with Crippen LogP contribution >= 0.6 is 0 Å². The van der Waals surface area contributed by atoms with Crippen molar-refractivity contribution < 1.29 is 23.5 Å². The van der Waals surface area contributed by atoms with Crippen LogP contribution in [-0.4, -0.2) is 38.1 Å². The lowest BCUT2D eigenvalue weighted by molar-refractivity contribution is -0.113. The molecule has 0 aromatic heterocycles. The van der Waals surface area contributed by atoms with Gasteiger partial charge in [0, 0.05) is 25.0 Å². The molecule has 0 spiro atoms. The minimum atomic E-state index is -0.662. The summed E-state index contributed by atoms with van der Waals surface area (Å²) in [6.07, 6.45) is 1.38. The van der Waals surface area contributed by atoms with E-state index in [1.54, 1.807) is 31.3 Å². The molecule has 3 rings (SSSR count). The van der Waals surface area contributed by atoms with E-state index in [-0.39, 0.29) is 6.03 Å². The second-order valence-electron chi connectivity index (χ2n) is 6.59. The third kappa shape index (κ3) is 4.01. The van der Waals surface area contributed by atoms with Crippen LogP contribution in [0.25, 0.3) is 0 Å². The van der Waals surface area contributed by atoms with E-state index in [4.69, 9.17) is 9.47 Å². The van der Waals surface area contributed by atoms with Gasteiger partial charge >= 0.3 is 6.03 Å². The zero-order valence-electron chi connectivity index (χ0n) is 16.6. The van der Waals surface area contributed by atoms with Gasteiger partial charge in [-0.05, 0) is 36.2 Å². The summed E-state index contributed by atoms with van der Waals surface area (Å²) in [4.78, 5) is 26.6. The Labute approximate surface area is 168 Å². The van der Waals surface area contributed by atoms with Gasteiger partial charge < -0.3 is 25.0 Å². The number of nitrogens with zero attached hydrogens (tertiary/aromatic N) is 1. The number of urea groups is 1. The van der Waals surface area contributed by atoms with Crippen molar-refractivity contribution in [2.45, 2.75) is 13.0 Å². The molecule has 0 saturated carbocycles. The van der Waals surface area contributed by atoms with Gasteiger partial charge in [-0.15, -0.1) is 0 Å². The van der Waals surface area contributed by atoms with E-state index >= 15 is 0 Å². The summed E-state index contributed by atoms with van der Waals surface area (Å²) in [5.41, 5.74) is 2.26. The predicted octanol–water partition coefficient (Wildman–Crippen LogP) is 3.37. The molecule has 1 heterocycles. The maximum atomic E-state index is 13.3. The Balaban J connectivity index is 1.94. The number of aryl methyl sites for hydroxylation is 1. The molecule has 0 fully saturated rings. The van der Waals surface area contributed by atoms with Crippen molar-refractivity contribution in [3.8, 4) is 11.5 Å². The Morgan fingerprint density at radius 2 is 1.76 bits per heavy atom. The molecule has 1 aliphatic rings. The number of hydrogen-bond acceptors (Lipinski definition) is 4. The number of anilines is 1. The first kappa shape index (κ1) is 20.2. The van der Waals surface area contributed by atoms with Crippen LogP contribution in [0.5, 0.6) is 11.5 Å². The summed E-state index contributed by atoms with van der Waals surface area (Å²) < 4.78 is 23.9. The monoisotopic (exact) mass is 399 g/mol. The van der Waals surface area contributed by atoms with Gasteiger partial charge in [0.15, 0.2) is 11.5 Å². The first-order valence-corrected chi connectivity index (χ1v) is 8.88. The lowest BCUT2D eigenvalue weighted by Gasteiger charge is -2.33. The van der Waals surface area contributed by atoms with Crippen LogP contribution in [0.1, 0.15) is 17.2 Å². The smallest absolute Gasteiger partial charge is 0.321 e. The summed E-state index contributed by atoms with van der Waals surface area (Å²) in [5.74, 6) is 0.233. The largest absolute Gasteiger partial charge is 0.493 e. The predicted molar refractivity (Wildman–Crippen MR) is 106 cm³/mol. The van der Waals surface area contributed by atoms with Crippen LogP contribution in [0.15, 0.2) is 48.2 Å². The summed E-state index contributed by atoms with van der Waals surface area (Å²) in [7, 11) is 4.62. The van der Waals surface area contributed by atoms with Crippen LogP contribution in [0, 0.1) is 12.7 Å². The quantitative estimate of drug-likeness (QED) is 0.808. The van der Waals surface area contributed by atoms with Crippen molar-refractivity contribution in [2.24, 2.45) is 0 Å². The first-order valence-electron chi connectivity index (χ1n) is 8.88. The van der Waals surface area contributed by atoms with E-state index < -0.39 is 17.8 Å². The molecule has 0 aliphatic carbocycles. The molecule has 0 radical (unpaired) electrons. The summed E-state index contributed by atoms with van der Waals surface area (Å²) in [6, 6.07) is 8.10. The number of hydrogen-bond donors (Lipinski definition) is 2. The molecule has 7 nitrogen and oxygen atoms in total. The van der Waals surface area contributed by atoms with Crippen molar-refractivity contribution in [3.63, 3.8) is 0 Å². The van der Waals surface area contributed by atoms with Gasteiger partial charge in [-0.2, -0.15) is 0 Å². The lowest BCUT2D eigenvalue weighted by Crippen LogP contribution is -2.44. The molecule has 2 aromatic carbocycles.